The molecule has 0 saturated heterocycles. The summed E-state index contributed by atoms with van der Waals surface area (Å²) >= 11 is 0. The van der Waals surface area contributed by atoms with Crippen LogP contribution in [-0.2, 0) is 4.79 Å². The van der Waals surface area contributed by atoms with E-state index in [4.69, 9.17) is 14.2 Å². The molecule has 2 rings (SSSR count). The maximum Gasteiger partial charge on any atom is 0.238 e. The van der Waals surface area contributed by atoms with Crippen LogP contribution in [0.3, 0.4) is 0 Å². The molecule has 1 N–H and O–H groups in total. The van der Waals surface area contributed by atoms with E-state index in [0.717, 1.165) is 11.3 Å². The van der Waals surface area contributed by atoms with Gasteiger partial charge in [0.05, 0.1) is 27.9 Å². The molecule has 0 saturated carbocycles. The van der Waals surface area contributed by atoms with Crippen LogP contribution < -0.4 is 19.5 Å². The highest BCUT2D eigenvalue weighted by atomic mass is 16.5. The predicted molar refractivity (Wildman–Crippen MR) is 102 cm³/mol. The molecule has 0 aliphatic carbocycles. The van der Waals surface area contributed by atoms with Crippen molar-refractivity contribution < 1.29 is 19.0 Å². The van der Waals surface area contributed by atoms with Gasteiger partial charge in [0.25, 0.3) is 0 Å². The summed E-state index contributed by atoms with van der Waals surface area (Å²) in [6, 6.07) is 13.2. The van der Waals surface area contributed by atoms with E-state index in [2.05, 4.69) is 12.2 Å². The molecular formula is C20H26N2O4. The van der Waals surface area contributed by atoms with Gasteiger partial charge in [-0.25, -0.2) is 0 Å². The summed E-state index contributed by atoms with van der Waals surface area (Å²) in [7, 11) is 6.71. The number of nitrogens with one attached hydrogen (secondary N) is 1. The summed E-state index contributed by atoms with van der Waals surface area (Å²) in [6.07, 6.45) is 0. The fraction of sp³-hybridized carbons (Fsp3) is 0.350. The molecule has 0 aromatic heterocycles. The van der Waals surface area contributed by atoms with Crippen molar-refractivity contribution >= 4 is 11.6 Å². The lowest BCUT2D eigenvalue weighted by molar-refractivity contribution is -0.117. The van der Waals surface area contributed by atoms with Crippen LogP contribution in [0.15, 0.2) is 42.5 Å². The highest BCUT2D eigenvalue weighted by Crippen LogP contribution is 2.26. The number of carbonyl (C=O) groups is 1. The lowest BCUT2D eigenvalue weighted by atomic mass is 10.1. The normalized spacial score (nSPS) is 11.8. The van der Waals surface area contributed by atoms with Crippen LogP contribution >= 0.6 is 0 Å². The van der Waals surface area contributed by atoms with E-state index >= 15 is 0 Å². The van der Waals surface area contributed by atoms with E-state index in [9.17, 15) is 4.79 Å². The van der Waals surface area contributed by atoms with Gasteiger partial charge in [0.15, 0.2) is 0 Å². The Labute approximate surface area is 154 Å². The van der Waals surface area contributed by atoms with Crippen LogP contribution in [0.25, 0.3) is 0 Å². The second kappa shape index (κ2) is 9.10. The van der Waals surface area contributed by atoms with Gasteiger partial charge in [-0.05, 0) is 31.7 Å². The van der Waals surface area contributed by atoms with Crippen molar-refractivity contribution in [3.63, 3.8) is 0 Å². The zero-order valence-corrected chi connectivity index (χ0v) is 15.9. The SMILES string of the molecule is COc1ccc(C(C)N(C)CC(=O)Nc2cc(OC)cc(OC)c2)cc1. The molecule has 0 fully saturated rings. The van der Waals surface area contributed by atoms with Crippen LogP contribution in [0, 0.1) is 0 Å². The lowest BCUT2D eigenvalue weighted by Gasteiger charge is -2.24. The fourth-order valence-electron chi connectivity index (χ4n) is 2.58. The molecule has 140 valence electrons. The van der Waals surface area contributed by atoms with Crippen molar-refractivity contribution in [1.29, 1.82) is 0 Å². The molecule has 0 heterocycles. The first-order chi connectivity index (χ1) is 12.5. The standard InChI is InChI=1S/C20H26N2O4/c1-14(15-6-8-17(24-3)9-7-15)22(2)13-20(23)21-16-10-18(25-4)12-19(11-16)26-5/h6-12,14H,13H2,1-5H3,(H,21,23). The molecule has 1 unspecified atom stereocenters. The van der Waals surface area contributed by atoms with Gasteiger partial charge in [-0.2, -0.15) is 0 Å². The molecule has 2 aromatic rings. The van der Waals surface area contributed by atoms with Gasteiger partial charge in [0.1, 0.15) is 17.2 Å². The van der Waals surface area contributed by atoms with Crippen molar-refractivity contribution in [1.82, 2.24) is 4.90 Å². The Bertz CT molecular complexity index is 709. The number of hydrogen-bond donors (Lipinski definition) is 1. The van der Waals surface area contributed by atoms with E-state index in [1.54, 1.807) is 39.5 Å². The number of rotatable bonds is 8. The number of nitrogens with zero attached hydrogens (tertiary/aromatic N) is 1. The molecule has 0 spiro atoms. The number of benzene rings is 2. The average molecular weight is 358 g/mol. The van der Waals surface area contributed by atoms with Crippen LogP contribution in [0.1, 0.15) is 18.5 Å². The summed E-state index contributed by atoms with van der Waals surface area (Å²) in [4.78, 5) is 14.4. The van der Waals surface area contributed by atoms with Gasteiger partial charge >= 0.3 is 0 Å². The average Bonchev–Trinajstić information content (AvgIpc) is 2.66. The number of anilines is 1. The van der Waals surface area contributed by atoms with Crippen LogP contribution in [0.4, 0.5) is 5.69 Å². The van der Waals surface area contributed by atoms with Gasteiger partial charge in [-0.15, -0.1) is 0 Å². The number of ether oxygens (including phenoxy) is 3. The zero-order chi connectivity index (χ0) is 19.1. The molecule has 0 bridgehead atoms. The molecule has 2 aromatic carbocycles. The second-order valence-electron chi connectivity index (χ2n) is 6.01. The molecule has 0 aliphatic rings. The van der Waals surface area contributed by atoms with Gasteiger partial charge < -0.3 is 19.5 Å². The summed E-state index contributed by atoms with van der Waals surface area (Å²) in [5, 5.41) is 2.89. The number of methoxy groups -OCH3 is 3. The third-order valence-corrected chi connectivity index (χ3v) is 4.29. The molecule has 0 radical (unpaired) electrons. The Hall–Kier alpha value is -2.73. The third kappa shape index (κ3) is 5.13. The van der Waals surface area contributed by atoms with E-state index in [0.29, 0.717) is 17.2 Å². The van der Waals surface area contributed by atoms with Gasteiger partial charge in [-0.1, -0.05) is 12.1 Å². The van der Waals surface area contributed by atoms with Crippen LogP contribution in [0.2, 0.25) is 0 Å². The third-order valence-electron chi connectivity index (χ3n) is 4.29. The Balaban J connectivity index is 1.99. The number of hydrogen-bond acceptors (Lipinski definition) is 5. The predicted octanol–water partition coefficient (Wildman–Crippen LogP) is 3.34. The summed E-state index contributed by atoms with van der Waals surface area (Å²) < 4.78 is 15.6. The largest absolute Gasteiger partial charge is 0.497 e. The molecule has 6 heteroatoms. The van der Waals surface area contributed by atoms with Crippen molar-refractivity contribution in [3.05, 3.63) is 48.0 Å². The quantitative estimate of drug-likeness (QED) is 0.784. The Morgan fingerprint density at radius 3 is 2.00 bits per heavy atom. The lowest BCUT2D eigenvalue weighted by Crippen LogP contribution is -2.32. The molecule has 1 atom stereocenters. The Morgan fingerprint density at radius 1 is 0.962 bits per heavy atom. The number of amides is 1. The monoisotopic (exact) mass is 358 g/mol. The van der Waals surface area contributed by atoms with Crippen molar-refractivity contribution in [2.45, 2.75) is 13.0 Å². The Morgan fingerprint density at radius 2 is 1.50 bits per heavy atom. The highest BCUT2D eigenvalue weighted by Gasteiger charge is 2.15. The molecule has 26 heavy (non-hydrogen) atoms. The van der Waals surface area contributed by atoms with Crippen molar-refractivity contribution in [2.24, 2.45) is 0 Å². The Kier molecular flexibility index (Phi) is 6.86. The fourth-order valence-corrected chi connectivity index (χ4v) is 2.58. The van der Waals surface area contributed by atoms with Gasteiger partial charge in [0.2, 0.25) is 5.91 Å². The molecule has 0 aliphatic heterocycles. The first-order valence-corrected chi connectivity index (χ1v) is 8.34. The van der Waals surface area contributed by atoms with E-state index in [-0.39, 0.29) is 18.5 Å². The van der Waals surface area contributed by atoms with Gasteiger partial charge in [0, 0.05) is 29.9 Å². The van der Waals surface area contributed by atoms with Gasteiger partial charge in [-0.3, -0.25) is 9.69 Å². The molecule has 6 nitrogen and oxygen atoms in total. The first kappa shape index (κ1) is 19.6. The summed E-state index contributed by atoms with van der Waals surface area (Å²) in [5.74, 6) is 1.95. The zero-order valence-electron chi connectivity index (χ0n) is 15.9. The highest BCUT2D eigenvalue weighted by molar-refractivity contribution is 5.92. The molecular weight excluding hydrogens is 332 g/mol. The summed E-state index contributed by atoms with van der Waals surface area (Å²) in [6.45, 7) is 2.32. The first-order valence-electron chi connectivity index (χ1n) is 8.34. The topological polar surface area (TPSA) is 60.0 Å². The van der Waals surface area contributed by atoms with Crippen molar-refractivity contribution in [2.75, 3.05) is 40.2 Å². The minimum absolute atomic E-state index is 0.0894. The van der Waals surface area contributed by atoms with Crippen molar-refractivity contribution in [3.8, 4) is 17.2 Å². The number of carbonyl (C=O) groups excluding carboxylic acids is 1. The van der Waals surface area contributed by atoms with E-state index in [1.165, 1.54) is 0 Å². The second-order valence-corrected chi connectivity index (χ2v) is 6.01. The summed E-state index contributed by atoms with van der Waals surface area (Å²) in [5.41, 5.74) is 1.75. The minimum atomic E-state index is -0.108. The van der Waals surface area contributed by atoms with E-state index < -0.39 is 0 Å². The smallest absolute Gasteiger partial charge is 0.238 e. The van der Waals surface area contributed by atoms with Crippen LogP contribution in [-0.4, -0.2) is 45.7 Å². The maximum absolute atomic E-state index is 12.4. The number of likely N-dealkylation sites (N-methyl/N-ethyl adjacent to an activating group) is 1. The maximum atomic E-state index is 12.4. The minimum Gasteiger partial charge on any atom is -0.497 e. The van der Waals surface area contributed by atoms with Crippen LogP contribution in [0.5, 0.6) is 17.2 Å². The van der Waals surface area contributed by atoms with E-state index in [1.807, 2.05) is 36.2 Å². The molecule has 1 amide bonds.